The largest absolute Gasteiger partial charge is 0.470 e. The lowest BCUT2D eigenvalue weighted by Gasteiger charge is -2.15. The molecule has 0 aliphatic heterocycles. The highest BCUT2D eigenvalue weighted by molar-refractivity contribution is 6.39. The van der Waals surface area contributed by atoms with Crippen molar-refractivity contribution in [3.8, 4) is 5.75 Å². The Balaban J connectivity index is 2.91. The lowest BCUT2D eigenvalue weighted by Crippen LogP contribution is -2.42. The van der Waals surface area contributed by atoms with Gasteiger partial charge in [-0.05, 0) is 32.9 Å². The first kappa shape index (κ1) is 16.7. The van der Waals surface area contributed by atoms with E-state index in [4.69, 9.17) is 9.47 Å². The summed E-state index contributed by atoms with van der Waals surface area (Å²) in [4.78, 5) is 35.2. The molecule has 6 nitrogen and oxygen atoms in total. The van der Waals surface area contributed by atoms with Crippen LogP contribution in [0, 0.1) is 6.92 Å². The molecule has 1 unspecified atom stereocenters. The van der Waals surface area contributed by atoms with Crippen LogP contribution < -0.4 is 4.74 Å². The van der Waals surface area contributed by atoms with E-state index in [-0.39, 0.29) is 19.0 Å². The Morgan fingerprint density at radius 2 is 1.57 bits per heavy atom. The van der Waals surface area contributed by atoms with Crippen LogP contribution in [-0.2, 0) is 23.9 Å². The first-order chi connectivity index (χ1) is 9.99. The second-order valence-electron chi connectivity index (χ2n) is 4.15. The fraction of sp³-hybridized carbons (Fsp3) is 0.400. The Labute approximate surface area is 123 Å². The molecule has 0 heterocycles. The summed E-state index contributed by atoms with van der Waals surface area (Å²) in [5.41, 5.74) is 0.992. The van der Waals surface area contributed by atoms with Gasteiger partial charge in [-0.1, -0.05) is 17.7 Å². The number of carbonyl (C=O) groups is 3. The topological polar surface area (TPSA) is 78.9 Å². The number of carbonyl (C=O) groups excluding carboxylic acids is 3. The van der Waals surface area contributed by atoms with Crippen molar-refractivity contribution in [3.63, 3.8) is 0 Å². The summed E-state index contributed by atoms with van der Waals surface area (Å²) < 4.78 is 14.6. The van der Waals surface area contributed by atoms with E-state index < -0.39 is 23.8 Å². The predicted octanol–water partition coefficient (Wildman–Crippen LogP) is 1.44. The van der Waals surface area contributed by atoms with Crippen molar-refractivity contribution in [1.29, 1.82) is 0 Å². The van der Waals surface area contributed by atoms with Crippen LogP contribution in [0.3, 0.4) is 0 Å². The minimum absolute atomic E-state index is 0.0324. The van der Waals surface area contributed by atoms with Gasteiger partial charge in [0.25, 0.3) is 11.9 Å². The molecule has 114 valence electrons. The molecule has 0 amide bonds. The van der Waals surface area contributed by atoms with Crippen molar-refractivity contribution in [2.45, 2.75) is 26.9 Å². The highest BCUT2D eigenvalue weighted by atomic mass is 16.6. The summed E-state index contributed by atoms with van der Waals surface area (Å²) in [5, 5.41) is 0. The van der Waals surface area contributed by atoms with Crippen LogP contribution >= 0.6 is 0 Å². The molecule has 0 saturated carbocycles. The molecule has 0 aliphatic carbocycles. The Morgan fingerprint density at radius 3 is 2.10 bits per heavy atom. The number of ether oxygens (including phenoxy) is 3. The molecule has 0 aliphatic rings. The minimum atomic E-state index is -1.66. The zero-order valence-electron chi connectivity index (χ0n) is 12.3. The molecule has 0 N–H and O–H groups in total. The number of hydrogen-bond donors (Lipinski definition) is 0. The average Bonchev–Trinajstić information content (AvgIpc) is 2.46. The summed E-state index contributed by atoms with van der Waals surface area (Å²) in [6.07, 6.45) is -1.66. The van der Waals surface area contributed by atoms with E-state index in [1.165, 1.54) is 0 Å². The van der Waals surface area contributed by atoms with Gasteiger partial charge in [-0.3, -0.25) is 4.79 Å². The second-order valence-corrected chi connectivity index (χ2v) is 4.15. The van der Waals surface area contributed by atoms with Crippen LogP contribution in [0.1, 0.15) is 19.4 Å². The van der Waals surface area contributed by atoms with Gasteiger partial charge in [0.15, 0.2) is 0 Å². The van der Waals surface area contributed by atoms with E-state index >= 15 is 0 Å². The fourth-order valence-electron chi connectivity index (χ4n) is 1.49. The molecule has 6 heteroatoms. The Hall–Kier alpha value is -2.37. The average molecular weight is 294 g/mol. The molecule has 1 rings (SSSR count). The van der Waals surface area contributed by atoms with Crippen molar-refractivity contribution in [2.24, 2.45) is 0 Å². The third kappa shape index (κ3) is 4.91. The number of esters is 2. The Kier molecular flexibility index (Phi) is 6.39. The summed E-state index contributed by atoms with van der Waals surface area (Å²) >= 11 is 0. The standard InChI is InChI=1S/C15H18O6/c1-4-19-14(17)12(16)13(15(18)20-5-2)21-11-8-6-10(3)7-9-11/h6-9,13H,4-5H2,1-3H3. The maximum atomic E-state index is 11.9. The van der Waals surface area contributed by atoms with Crippen LogP contribution in [0.15, 0.2) is 24.3 Å². The van der Waals surface area contributed by atoms with E-state index in [1.54, 1.807) is 38.1 Å². The van der Waals surface area contributed by atoms with Gasteiger partial charge in [-0.15, -0.1) is 0 Å². The first-order valence-electron chi connectivity index (χ1n) is 6.60. The van der Waals surface area contributed by atoms with Crippen LogP contribution in [0.2, 0.25) is 0 Å². The first-order valence-corrected chi connectivity index (χ1v) is 6.60. The summed E-state index contributed by atoms with van der Waals surface area (Å²) in [6.45, 7) is 5.14. The Bertz CT molecular complexity index is 505. The van der Waals surface area contributed by atoms with Gasteiger partial charge in [0, 0.05) is 0 Å². The maximum Gasteiger partial charge on any atom is 0.379 e. The SMILES string of the molecule is CCOC(=O)C(=O)C(Oc1ccc(C)cc1)C(=O)OCC. The Morgan fingerprint density at radius 1 is 1.00 bits per heavy atom. The zero-order valence-corrected chi connectivity index (χ0v) is 12.3. The molecule has 21 heavy (non-hydrogen) atoms. The molecule has 1 atom stereocenters. The van der Waals surface area contributed by atoms with Crippen molar-refractivity contribution in [1.82, 2.24) is 0 Å². The van der Waals surface area contributed by atoms with Crippen LogP contribution in [0.25, 0.3) is 0 Å². The van der Waals surface area contributed by atoms with E-state index in [0.29, 0.717) is 0 Å². The number of rotatable bonds is 7. The smallest absolute Gasteiger partial charge is 0.379 e. The number of ketones is 1. The van der Waals surface area contributed by atoms with Gasteiger partial charge in [-0.2, -0.15) is 0 Å². The van der Waals surface area contributed by atoms with E-state index in [1.807, 2.05) is 6.92 Å². The molecule has 0 aromatic heterocycles. The summed E-state index contributed by atoms with van der Waals surface area (Å²) in [6, 6.07) is 6.71. The quantitative estimate of drug-likeness (QED) is 0.430. The molecular weight excluding hydrogens is 276 g/mol. The minimum Gasteiger partial charge on any atom is -0.470 e. The normalized spacial score (nSPS) is 11.4. The van der Waals surface area contributed by atoms with Crippen molar-refractivity contribution < 1.29 is 28.6 Å². The van der Waals surface area contributed by atoms with Gasteiger partial charge in [0.1, 0.15) is 5.75 Å². The molecule has 0 spiro atoms. The highest BCUT2D eigenvalue weighted by Crippen LogP contribution is 2.15. The maximum absolute atomic E-state index is 11.9. The van der Waals surface area contributed by atoms with Crippen LogP contribution in [-0.4, -0.2) is 37.0 Å². The molecule has 1 aromatic rings. The summed E-state index contributed by atoms with van der Waals surface area (Å²) in [5.74, 6) is -2.84. The molecule has 1 aromatic carbocycles. The predicted molar refractivity (Wildman–Crippen MR) is 73.9 cm³/mol. The van der Waals surface area contributed by atoms with Crippen molar-refractivity contribution >= 4 is 17.7 Å². The highest BCUT2D eigenvalue weighted by Gasteiger charge is 2.36. The molecule has 0 saturated heterocycles. The zero-order chi connectivity index (χ0) is 15.8. The van der Waals surface area contributed by atoms with Crippen molar-refractivity contribution in [2.75, 3.05) is 13.2 Å². The number of aryl methyl sites for hydroxylation is 1. The molecule has 0 fully saturated rings. The molecular formula is C15H18O6. The third-order valence-corrected chi connectivity index (χ3v) is 2.49. The monoisotopic (exact) mass is 294 g/mol. The lowest BCUT2D eigenvalue weighted by atomic mass is 10.2. The van der Waals surface area contributed by atoms with Gasteiger partial charge in [-0.25, -0.2) is 9.59 Å². The second kappa shape index (κ2) is 8.04. The van der Waals surface area contributed by atoms with Gasteiger partial charge in [0.2, 0.25) is 0 Å². The third-order valence-electron chi connectivity index (χ3n) is 2.49. The van der Waals surface area contributed by atoms with E-state index in [2.05, 4.69) is 4.74 Å². The fourth-order valence-corrected chi connectivity index (χ4v) is 1.49. The van der Waals surface area contributed by atoms with Crippen LogP contribution in [0.5, 0.6) is 5.75 Å². The molecule has 0 radical (unpaired) electrons. The summed E-state index contributed by atoms with van der Waals surface area (Å²) in [7, 11) is 0. The van der Waals surface area contributed by atoms with Crippen molar-refractivity contribution in [3.05, 3.63) is 29.8 Å². The van der Waals surface area contributed by atoms with Gasteiger partial charge < -0.3 is 14.2 Å². The molecule has 0 bridgehead atoms. The van der Waals surface area contributed by atoms with E-state index in [9.17, 15) is 14.4 Å². The number of benzene rings is 1. The number of Topliss-reactive ketones (excluding diaryl/α,β-unsaturated/α-hetero) is 1. The lowest BCUT2D eigenvalue weighted by molar-refractivity contribution is -0.164. The van der Waals surface area contributed by atoms with Gasteiger partial charge in [0.05, 0.1) is 13.2 Å². The van der Waals surface area contributed by atoms with Gasteiger partial charge >= 0.3 is 11.9 Å². The van der Waals surface area contributed by atoms with Crippen LogP contribution in [0.4, 0.5) is 0 Å². The number of hydrogen-bond acceptors (Lipinski definition) is 6. The van der Waals surface area contributed by atoms with E-state index in [0.717, 1.165) is 5.56 Å².